The average Bonchev–Trinajstić information content (AvgIpc) is 3.77. The van der Waals surface area contributed by atoms with E-state index in [1.165, 1.54) is 90.6 Å². The molecule has 15 atom stereocenters. The smallest absolute Gasteiger partial charge is 0.0805 e. The van der Waals surface area contributed by atoms with Gasteiger partial charge in [-0.15, -0.1) is 0 Å². The van der Waals surface area contributed by atoms with Crippen LogP contribution in [0.2, 0.25) is 0 Å². The fourth-order valence-corrected chi connectivity index (χ4v) is 16.4. The van der Waals surface area contributed by atoms with Crippen molar-refractivity contribution in [2.45, 2.75) is 161 Å². The van der Waals surface area contributed by atoms with Gasteiger partial charge in [-0.1, -0.05) is 70.0 Å². The van der Waals surface area contributed by atoms with Crippen LogP contribution in [0.15, 0.2) is 48.5 Å². The van der Waals surface area contributed by atoms with E-state index in [1.807, 2.05) is 0 Å². The van der Waals surface area contributed by atoms with Crippen molar-refractivity contribution in [3.8, 4) is 0 Å². The Morgan fingerprint density at radius 1 is 0.750 bits per heavy atom. The van der Waals surface area contributed by atoms with Crippen LogP contribution in [0.1, 0.15) is 135 Å². The molecule has 3 aromatic rings. The molecule has 10 rings (SSSR count). The van der Waals surface area contributed by atoms with Crippen molar-refractivity contribution in [1.29, 1.82) is 0 Å². The third-order valence-corrected chi connectivity index (χ3v) is 19.0. The lowest BCUT2D eigenvalue weighted by atomic mass is 9.46. The molecule has 0 aromatic heterocycles. The van der Waals surface area contributed by atoms with Gasteiger partial charge in [-0.3, -0.25) is 4.90 Å². The van der Waals surface area contributed by atoms with Gasteiger partial charge in [0.25, 0.3) is 0 Å². The topological polar surface area (TPSA) is 63.9 Å². The Labute approximate surface area is 338 Å². The Morgan fingerprint density at radius 3 is 2.48 bits per heavy atom. The third kappa shape index (κ3) is 6.18. The number of unbranched alkanes of at least 4 members (excludes halogenated alkanes) is 2. The number of rotatable bonds is 7. The number of fused-ring (bicyclic) bond motifs is 10. The van der Waals surface area contributed by atoms with E-state index < -0.39 is 5.60 Å². The summed E-state index contributed by atoms with van der Waals surface area (Å²) >= 11 is 0. The highest BCUT2D eigenvalue weighted by Crippen LogP contribution is 2.71. The first-order valence-electron chi connectivity index (χ1n) is 23.7. The molecule has 2 heterocycles. The van der Waals surface area contributed by atoms with Gasteiger partial charge in [0.05, 0.1) is 17.8 Å². The maximum absolute atomic E-state index is 12.2. The van der Waals surface area contributed by atoms with E-state index in [1.54, 1.807) is 0 Å². The molecule has 56 heavy (non-hydrogen) atoms. The Kier molecular flexibility index (Phi) is 9.79. The molecule has 4 nitrogen and oxygen atoms in total. The first-order chi connectivity index (χ1) is 27.0. The number of aliphatic hydroxyl groups is 3. The van der Waals surface area contributed by atoms with Crippen LogP contribution < -0.4 is 0 Å². The molecule has 3 N–H and O–H groups in total. The van der Waals surface area contributed by atoms with Gasteiger partial charge in [0.15, 0.2) is 0 Å². The minimum atomic E-state index is -0.593. The fourth-order valence-electron chi connectivity index (χ4n) is 16.4. The summed E-state index contributed by atoms with van der Waals surface area (Å²) in [5, 5.41) is 41.8. The molecular weight excluding hydrogens is 687 g/mol. The number of aliphatic hydroxyl groups excluding tert-OH is 2. The molecule has 7 aliphatic rings. The monoisotopic (exact) mass is 760 g/mol. The molecule has 0 amide bonds. The van der Waals surface area contributed by atoms with Gasteiger partial charge >= 0.3 is 0 Å². The van der Waals surface area contributed by atoms with Crippen molar-refractivity contribution in [1.82, 2.24) is 4.90 Å². The summed E-state index contributed by atoms with van der Waals surface area (Å²) in [5.74, 6) is 5.18. The van der Waals surface area contributed by atoms with Crippen LogP contribution in [0.5, 0.6) is 0 Å². The normalized spacial score (nSPS) is 44.7. The summed E-state index contributed by atoms with van der Waals surface area (Å²) in [7, 11) is 0. The second kappa shape index (κ2) is 14.3. The molecule has 5 aliphatic carbocycles. The number of piperidine rings is 2. The van der Waals surface area contributed by atoms with Crippen molar-refractivity contribution >= 4 is 21.5 Å². The maximum Gasteiger partial charge on any atom is 0.0805 e. The van der Waals surface area contributed by atoms with Gasteiger partial charge in [0.1, 0.15) is 0 Å². The molecule has 7 fully saturated rings. The summed E-state index contributed by atoms with van der Waals surface area (Å²) in [6.07, 6.45) is 19.1. The van der Waals surface area contributed by atoms with Crippen LogP contribution >= 0.6 is 0 Å². The molecule has 304 valence electrons. The quantitative estimate of drug-likeness (QED) is 0.166. The van der Waals surface area contributed by atoms with Gasteiger partial charge in [-0.2, -0.15) is 0 Å². The van der Waals surface area contributed by atoms with Crippen LogP contribution in [-0.2, 0) is 12.8 Å². The minimum Gasteiger partial charge on any atom is -0.393 e. The Bertz CT molecular complexity index is 1920. The Hall–Kier alpha value is -1.98. The molecule has 0 bridgehead atoms. The largest absolute Gasteiger partial charge is 0.393 e. The zero-order valence-corrected chi connectivity index (χ0v) is 35.3. The SMILES string of the molecule is CCCCCc1cccc2cc3ccc(CCC4CCC5(C4)CC4(C)C(CC5O)C(O)CC5C6CCC7C(CN8CC(C)CCC8C7(C)O)C6CC54)cc3cc12. The van der Waals surface area contributed by atoms with E-state index in [4.69, 9.17) is 0 Å². The molecule has 2 saturated heterocycles. The highest BCUT2D eigenvalue weighted by atomic mass is 16.3. The minimum absolute atomic E-state index is 0.00400. The lowest BCUT2D eigenvalue weighted by molar-refractivity contribution is -0.180. The molecular formula is C52H73NO3. The second-order valence-electron chi connectivity index (χ2n) is 22.0. The number of benzene rings is 3. The summed E-state index contributed by atoms with van der Waals surface area (Å²) in [6, 6.07) is 19.2. The molecule has 3 aromatic carbocycles. The van der Waals surface area contributed by atoms with Gasteiger partial charge in [-0.25, -0.2) is 0 Å². The van der Waals surface area contributed by atoms with Crippen molar-refractivity contribution in [3.05, 3.63) is 59.7 Å². The predicted octanol–water partition coefficient (Wildman–Crippen LogP) is 10.7. The fraction of sp³-hybridized carbons (Fsp3) is 0.731. The standard InChI is InChI=1S/C52H73NO3/c1-5-6-7-9-35-10-8-11-37-23-36-16-15-33(22-38(36)24-40(35)37)13-14-34-20-21-52(28-34)31-50(3)45-25-41-39(42(45)26-47(54)46(50)27-49(52)55)17-18-44-43(41)30-53-29-32(2)12-19-48(53)51(44,4)56/h8,10-11,15-16,22-24,32,34,39,41-49,54-56H,5-7,9,12-14,17-21,25-31H2,1-4H3. The molecule has 0 radical (unpaired) electrons. The molecule has 4 heteroatoms. The Balaban J connectivity index is 0.848. The lowest BCUT2D eigenvalue weighted by Crippen LogP contribution is -2.67. The van der Waals surface area contributed by atoms with Gasteiger partial charge in [-0.05, 0) is 212 Å². The van der Waals surface area contributed by atoms with Gasteiger partial charge < -0.3 is 15.3 Å². The Morgan fingerprint density at radius 2 is 1.62 bits per heavy atom. The van der Waals surface area contributed by atoms with Gasteiger partial charge in [0, 0.05) is 19.1 Å². The van der Waals surface area contributed by atoms with Gasteiger partial charge in [0.2, 0.25) is 0 Å². The van der Waals surface area contributed by atoms with Crippen LogP contribution in [0.4, 0.5) is 0 Å². The van der Waals surface area contributed by atoms with E-state index in [0.29, 0.717) is 47.5 Å². The third-order valence-electron chi connectivity index (χ3n) is 19.0. The lowest BCUT2D eigenvalue weighted by Gasteiger charge is -2.60. The zero-order valence-electron chi connectivity index (χ0n) is 35.3. The van der Waals surface area contributed by atoms with Crippen molar-refractivity contribution in [2.24, 2.45) is 64.1 Å². The summed E-state index contributed by atoms with van der Waals surface area (Å²) in [4.78, 5) is 2.72. The van der Waals surface area contributed by atoms with Crippen molar-refractivity contribution < 1.29 is 15.3 Å². The average molecular weight is 760 g/mol. The van der Waals surface area contributed by atoms with Crippen LogP contribution in [-0.4, -0.2) is 57.2 Å². The van der Waals surface area contributed by atoms with E-state index in [0.717, 1.165) is 70.3 Å². The van der Waals surface area contributed by atoms with Crippen molar-refractivity contribution in [3.63, 3.8) is 0 Å². The maximum atomic E-state index is 12.2. The predicted molar refractivity (Wildman–Crippen MR) is 229 cm³/mol. The first-order valence-corrected chi connectivity index (χ1v) is 23.7. The van der Waals surface area contributed by atoms with E-state index in [2.05, 4.69) is 81.1 Å². The zero-order chi connectivity index (χ0) is 38.6. The van der Waals surface area contributed by atoms with E-state index >= 15 is 0 Å². The highest BCUT2D eigenvalue weighted by molar-refractivity contribution is 5.99. The van der Waals surface area contributed by atoms with E-state index in [-0.39, 0.29) is 29.0 Å². The van der Waals surface area contributed by atoms with E-state index in [9.17, 15) is 15.3 Å². The first kappa shape index (κ1) is 38.2. The van der Waals surface area contributed by atoms with Crippen LogP contribution in [0.3, 0.4) is 0 Å². The number of aryl methyl sites for hydroxylation is 2. The molecule has 15 unspecified atom stereocenters. The van der Waals surface area contributed by atoms with Crippen LogP contribution in [0, 0.1) is 64.1 Å². The molecule has 5 saturated carbocycles. The number of hydrogen-bond acceptors (Lipinski definition) is 4. The second-order valence-corrected chi connectivity index (χ2v) is 22.0. The molecule has 2 aliphatic heterocycles. The number of nitrogens with zero attached hydrogens (tertiary/aromatic N) is 1. The van der Waals surface area contributed by atoms with Crippen LogP contribution in [0.25, 0.3) is 21.5 Å². The molecule has 1 spiro atoms. The highest BCUT2D eigenvalue weighted by Gasteiger charge is 2.67. The summed E-state index contributed by atoms with van der Waals surface area (Å²) in [5.41, 5.74) is 2.43. The summed E-state index contributed by atoms with van der Waals surface area (Å²) in [6.45, 7) is 11.8. The van der Waals surface area contributed by atoms with Crippen molar-refractivity contribution in [2.75, 3.05) is 13.1 Å². The number of hydrogen-bond donors (Lipinski definition) is 3. The summed E-state index contributed by atoms with van der Waals surface area (Å²) < 4.78 is 0.